The van der Waals surface area contributed by atoms with E-state index < -0.39 is 0 Å². The van der Waals surface area contributed by atoms with E-state index in [0.717, 1.165) is 53.7 Å². The van der Waals surface area contributed by atoms with Crippen LogP contribution in [0.1, 0.15) is 29.8 Å². The number of ether oxygens (including phenoxy) is 1. The van der Waals surface area contributed by atoms with Crippen molar-refractivity contribution in [2.45, 2.75) is 39.3 Å². The standard InChI is InChI=1S/C18H23ClN4OS/c1-12-17(21-18(25)20-10-16-4-3-9-24-16)13(2)23(22-12)11-14-5-7-15(19)8-6-14/h5-8,16H,3-4,9-11H2,1-2H3,(H2,20,21,25). The molecule has 1 aliphatic rings. The maximum absolute atomic E-state index is 5.95. The number of nitrogens with one attached hydrogen (secondary N) is 2. The zero-order chi connectivity index (χ0) is 17.8. The average Bonchev–Trinajstić information content (AvgIpc) is 3.19. The molecule has 3 rings (SSSR count). The molecule has 5 nitrogen and oxygen atoms in total. The van der Waals surface area contributed by atoms with Gasteiger partial charge in [0.05, 0.1) is 29.7 Å². The third-order valence-corrected chi connectivity index (χ3v) is 4.88. The molecule has 134 valence electrons. The lowest BCUT2D eigenvalue weighted by Crippen LogP contribution is -2.35. The summed E-state index contributed by atoms with van der Waals surface area (Å²) >= 11 is 11.4. The van der Waals surface area contributed by atoms with Crippen molar-refractivity contribution >= 4 is 34.6 Å². The molecule has 0 amide bonds. The normalized spacial score (nSPS) is 16.8. The first-order chi connectivity index (χ1) is 12.0. The van der Waals surface area contributed by atoms with Gasteiger partial charge >= 0.3 is 0 Å². The van der Waals surface area contributed by atoms with Crippen LogP contribution >= 0.6 is 23.8 Å². The molecule has 1 aromatic heterocycles. The SMILES string of the molecule is Cc1nn(Cc2ccc(Cl)cc2)c(C)c1NC(=S)NCC1CCCO1. The minimum Gasteiger partial charge on any atom is -0.376 e. The fraction of sp³-hybridized carbons (Fsp3) is 0.444. The molecular formula is C18H23ClN4OS. The second-order valence-corrected chi connectivity index (χ2v) is 7.14. The molecule has 0 bridgehead atoms. The average molecular weight is 379 g/mol. The Morgan fingerprint density at radius 1 is 1.36 bits per heavy atom. The van der Waals surface area contributed by atoms with Crippen LogP contribution in [0.5, 0.6) is 0 Å². The van der Waals surface area contributed by atoms with Gasteiger partial charge in [0.15, 0.2) is 5.11 Å². The van der Waals surface area contributed by atoms with E-state index in [1.165, 1.54) is 0 Å². The topological polar surface area (TPSA) is 51.1 Å². The monoisotopic (exact) mass is 378 g/mol. The van der Waals surface area contributed by atoms with E-state index in [9.17, 15) is 0 Å². The van der Waals surface area contributed by atoms with E-state index in [1.807, 2.05) is 42.8 Å². The maximum atomic E-state index is 5.95. The van der Waals surface area contributed by atoms with Crippen molar-refractivity contribution in [3.63, 3.8) is 0 Å². The maximum Gasteiger partial charge on any atom is 0.170 e. The number of thiocarbonyl (C=S) groups is 1. The summed E-state index contributed by atoms with van der Waals surface area (Å²) in [6, 6.07) is 7.82. The fourth-order valence-electron chi connectivity index (χ4n) is 2.96. The van der Waals surface area contributed by atoms with Crippen LogP contribution in [-0.2, 0) is 11.3 Å². The number of hydrogen-bond acceptors (Lipinski definition) is 3. The van der Waals surface area contributed by atoms with Gasteiger partial charge in [-0.05, 0) is 56.6 Å². The molecule has 0 spiro atoms. The highest BCUT2D eigenvalue weighted by molar-refractivity contribution is 7.80. The number of aromatic nitrogens is 2. The molecule has 1 fully saturated rings. The molecular weight excluding hydrogens is 356 g/mol. The summed E-state index contributed by atoms with van der Waals surface area (Å²) < 4.78 is 7.58. The van der Waals surface area contributed by atoms with E-state index in [-0.39, 0.29) is 6.10 Å². The van der Waals surface area contributed by atoms with Crippen molar-refractivity contribution in [2.75, 3.05) is 18.5 Å². The number of anilines is 1. The van der Waals surface area contributed by atoms with Crippen LogP contribution in [0.25, 0.3) is 0 Å². The molecule has 1 unspecified atom stereocenters. The molecule has 2 heterocycles. The summed E-state index contributed by atoms with van der Waals surface area (Å²) in [5, 5.41) is 12.5. The largest absolute Gasteiger partial charge is 0.376 e. The van der Waals surface area contributed by atoms with Gasteiger partial charge in [0.25, 0.3) is 0 Å². The van der Waals surface area contributed by atoms with E-state index in [4.69, 9.17) is 28.6 Å². The van der Waals surface area contributed by atoms with Crippen molar-refractivity contribution in [1.29, 1.82) is 0 Å². The molecule has 2 aromatic rings. The van der Waals surface area contributed by atoms with E-state index in [2.05, 4.69) is 15.7 Å². The first-order valence-corrected chi connectivity index (χ1v) is 9.26. The molecule has 0 aliphatic carbocycles. The Bertz CT molecular complexity index is 738. The van der Waals surface area contributed by atoms with Gasteiger partial charge in [-0.15, -0.1) is 0 Å². The van der Waals surface area contributed by atoms with Gasteiger partial charge in [0.2, 0.25) is 0 Å². The predicted octanol–water partition coefficient (Wildman–Crippen LogP) is 3.67. The summed E-state index contributed by atoms with van der Waals surface area (Å²) in [6.45, 7) is 6.31. The first-order valence-electron chi connectivity index (χ1n) is 8.48. The predicted molar refractivity (Wildman–Crippen MR) is 105 cm³/mol. The summed E-state index contributed by atoms with van der Waals surface area (Å²) in [5.74, 6) is 0. The third kappa shape index (κ3) is 4.71. The van der Waals surface area contributed by atoms with Gasteiger partial charge in [-0.25, -0.2) is 0 Å². The number of benzene rings is 1. The minimum atomic E-state index is 0.259. The van der Waals surface area contributed by atoms with E-state index in [1.54, 1.807) is 0 Å². The lowest BCUT2D eigenvalue weighted by atomic mass is 10.2. The Labute approximate surface area is 158 Å². The second kappa shape index (κ2) is 8.17. The van der Waals surface area contributed by atoms with Gasteiger partial charge in [-0.2, -0.15) is 5.10 Å². The molecule has 0 saturated carbocycles. The Hall–Kier alpha value is -1.63. The van der Waals surface area contributed by atoms with Crippen molar-refractivity contribution in [2.24, 2.45) is 0 Å². The Morgan fingerprint density at radius 2 is 2.12 bits per heavy atom. The Morgan fingerprint density at radius 3 is 2.80 bits per heavy atom. The summed E-state index contributed by atoms with van der Waals surface area (Å²) in [5.41, 5.74) is 4.08. The zero-order valence-electron chi connectivity index (χ0n) is 14.5. The van der Waals surface area contributed by atoms with Crippen LogP contribution in [0.4, 0.5) is 5.69 Å². The van der Waals surface area contributed by atoms with Crippen LogP contribution < -0.4 is 10.6 Å². The number of hydrogen-bond donors (Lipinski definition) is 2. The second-order valence-electron chi connectivity index (χ2n) is 6.30. The molecule has 2 N–H and O–H groups in total. The molecule has 25 heavy (non-hydrogen) atoms. The molecule has 1 atom stereocenters. The molecule has 1 saturated heterocycles. The molecule has 1 aromatic carbocycles. The Balaban J connectivity index is 1.62. The molecule has 0 radical (unpaired) electrons. The van der Waals surface area contributed by atoms with Crippen LogP contribution in [0.2, 0.25) is 5.02 Å². The van der Waals surface area contributed by atoms with E-state index in [0.29, 0.717) is 11.7 Å². The lowest BCUT2D eigenvalue weighted by Gasteiger charge is -2.14. The van der Waals surface area contributed by atoms with Crippen molar-refractivity contribution in [3.05, 3.63) is 46.2 Å². The van der Waals surface area contributed by atoms with Crippen molar-refractivity contribution in [1.82, 2.24) is 15.1 Å². The quantitative estimate of drug-likeness (QED) is 0.777. The van der Waals surface area contributed by atoms with Gasteiger partial charge in [0.1, 0.15) is 0 Å². The minimum absolute atomic E-state index is 0.259. The smallest absolute Gasteiger partial charge is 0.170 e. The summed E-state index contributed by atoms with van der Waals surface area (Å²) in [6.07, 6.45) is 2.48. The number of nitrogens with zero attached hydrogens (tertiary/aromatic N) is 2. The van der Waals surface area contributed by atoms with Crippen molar-refractivity contribution in [3.8, 4) is 0 Å². The van der Waals surface area contributed by atoms with Crippen molar-refractivity contribution < 1.29 is 4.74 Å². The lowest BCUT2D eigenvalue weighted by molar-refractivity contribution is 0.114. The van der Waals surface area contributed by atoms with E-state index >= 15 is 0 Å². The first kappa shape index (κ1) is 18.2. The number of aryl methyl sites for hydroxylation is 1. The van der Waals surface area contributed by atoms with Gasteiger partial charge < -0.3 is 15.4 Å². The fourth-order valence-corrected chi connectivity index (χ4v) is 3.28. The van der Waals surface area contributed by atoms with Gasteiger partial charge in [-0.1, -0.05) is 23.7 Å². The zero-order valence-corrected chi connectivity index (χ0v) is 16.1. The van der Waals surface area contributed by atoms with Crippen LogP contribution in [0.15, 0.2) is 24.3 Å². The van der Waals surface area contributed by atoms with Gasteiger partial charge in [-0.3, -0.25) is 4.68 Å². The Kier molecular flexibility index (Phi) is 5.93. The highest BCUT2D eigenvalue weighted by Gasteiger charge is 2.17. The highest BCUT2D eigenvalue weighted by atomic mass is 35.5. The summed E-state index contributed by atoms with van der Waals surface area (Å²) in [4.78, 5) is 0. The molecule has 7 heteroatoms. The number of rotatable bonds is 5. The van der Waals surface area contributed by atoms with Crippen LogP contribution in [0, 0.1) is 13.8 Å². The van der Waals surface area contributed by atoms with Crippen LogP contribution in [0.3, 0.4) is 0 Å². The number of halogens is 1. The summed E-state index contributed by atoms with van der Waals surface area (Å²) in [7, 11) is 0. The highest BCUT2D eigenvalue weighted by Crippen LogP contribution is 2.21. The third-order valence-electron chi connectivity index (χ3n) is 4.38. The van der Waals surface area contributed by atoms with Gasteiger partial charge in [0, 0.05) is 18.2 Å². The van der Waals surface area contributed by atoms with Crippen LogP contribution in [-0.4, -0.2) is 34.1 Å². The molecule has 1 aliphatic heterocycles.